The third kappa shape index (κ3) is 4.55. The largest absolute Gasteiger partial charge is 0.348 e. The molecule has 0 bridgehead atoms. The molecule has 1 atom stereocenters. The molecule has 0 amide bonds. The lowest BCUT2D eigenvalue weighted by Gasteiger charge is -2.22. The molecule has 1 N–H and O–H groups in total. The van der Waals surface area contributed by atoms with Crippen molar-refractivity contribution in [2.45, 2.75) is 46.7 Å². The second-order valence-electron chi connectivity index (χ2n) is 7.81. The van der Waals surface area contributed by atoms with Gasteiger partial charge in [-0.25, -0.2) is 8.42 Å². The van der Waals surface area contributed by atoms with Crippen LogP contribution in [0.4, 0.5) is 5.69 Å². The van der Waals surface area contributed by atoms with Gasteiger partial charge in [-0.3, -0.25) is 4.68 Å². The van der Waals surface area contributed by atoms with Crippen molar-refractivity contribution in [3.8, 4) is 0 Å². The van der Waals surface area contributed by atoms with Crippen LogP contribution in [0.3, 0.4) is 0 Å². The Balaban J connectivity index is 1.73. The van der Waals surface area contributed by atoms with E-state index in [2.05, 4.69) is 42.5 Å². The Morgan fingerprint density at radius 2 is 1.89 bits per heavy atom. The number of rotatable bonds is 4. The molecular formula is C20H28N4O2S2. The van der Waals surface area contributed by atoms with Crippen molar-refractivity contribution in [1.82, 2.24) is 14.7 Å². The predicted octanol–water partition coefficient (Wildman–Crippen LogP) is 3.31. The van der Waals surface area contributed by atoms with Gasteiger partial charge in [0, 0.05) is 30.5 Å². The summed E-state index contributed by atoms with van der Waals surface area (Å²) in [5, 5.41) is 8.58. The Hall–Kier alpha value is -1.93. The van der Waals surface area contributed by atoms with Gasteiger partial charge in [0.15, 0.2) is 14.9 Å². The lowest BCUT2D eigenvalue weighted by atomic mass is 10.1. The van der Waals surface area contributed by atoms with E-state index in [1.54, 1.807) is 0 Å². The molecule has 1 aromatic carbocycles. The average Bonchev–Trinajstić information content (AvgIpc) is 3.07. The molecule has 0 aliphatic carbocycles. The third-order valence-corrected chi connectivity index (χ3v) is 7.41. The molecule has 1 aromatic heterocycles. The normalized spacial score (nSPS) is 18.2. The van der Waals surface area contributed by atoms with Crippen molar-refractivity contribution in [1.29, 1.82) is 0 Å². The summed E-state index contributed by atoms with van der Waals surface area (Å²) in [4.78, 5) is 1.99. The highest BCUT2D eigenvalue weighted by Gasteiger charge is 2.31. The minimum atomic E-state index is -2.94. The zero-order valence-electron chi connectivity index (χ0n) is 17.1. The van der Waals surface area contributed by atoms with Crippen LogP contribution in [-0.2, 0) is 16.4 Å². The standard InChI is InChI=1S/C20H28N4O2S2/c1-13-8-14(2)10-17(9-13)21-20(27)23(5)11-19-15(3)22-24(16(19)4)18-6-7-28(25,26)12-18/h8-10,18H,6-7,11-12H2,1-5H3,(H,21,27)/t18-/m1/s1. The van der Waals surface area contributed by atoms with Gasteiger partial charge in [0.1, 0.15) is 0 Å². The first-order valence-corrected chi connectivity index (χ1v) is 11.6. The highest BCUT2D eigenvalue weighted by molar-refractivity contribution is 7.91. The maximum atomic E-state index is 11.8. The van der Waals surface area contributed by atoms with Gasteiger partial charge in [-0.2, -0.15) is 5.10 Å². The van der Waals surface area contributed by atoms with Crippen LogP contribution >= 0.6 is 12.2 Å². The van der Waals surface area contributed by atoms with E-state index in [1.807, 2.05) is 30.5 Å². The number of anilines is 1. The SMILES string of the molecule is Cc1cc(C)cc(NC(=S)N(C)Cc2c(C)nn([C@@H]3CCS(=O)(=O)C3)c2C)c1. The first-order chi connectivity index (χ1) is 13.1. The second kappa shape index (κ2) is 7.83. The smallest absolute Gasteiger partial charge is 0.173 e. The van der Waals surface area contributed by atoms with Crippen molar-refractivity contribution in [2.24, 2.45) is 0 Å². The van der Waals surface area contributed by atoms with Crippen LogP contribution in [-0.4, -0.2) is 46.8 Å². The number of benzene rings is 1. The van der Waals surface area contributed by atoms with Gasteiger partial charge in [-0.1, -0.05) is 6.07 Å². The number of hydrogen-bond acceptors (Lipinski definition) is 4. The summed E-state index contributed by atoms with van der Waals surface area (Å²) in [5.74, 6) is 0.423. The van der Waals surface area contributed by atoms with Crippen LogP contribution in [0, 0.1) is 27.7 Å². The molecule has 0 saturated carbocycles. The number of aromatic nitrogens is 2. The number of thiocarbonyl (C=S) groups is 1. The molecule has 1 aliphatic rings. The van der Waals surface area contributed by atoms with Crippen molar-refractivity contribution < 1.29 is 8.42 Å². The number of hydrogen-bond donors (Lipinski definition) is 1. The Bertz CT molecular complexity index is 991. The van der Waals surface area contributed by atoms with Crippen molar-refractivity contribution in [3.63, 3.8) is 0 Å². The van der Waals surface area contributed by atoms with Crippen LogP contribution in [0.1, 0.15) is 40.5 Å². The van der Waals surface area contributed by atoms with Crippen molar-refractivity contribution in [2.75, 3.05) is 23.9 Å². The Kier molecular flexibility index (Phi) is 5.82. The molecule has 8 heteroatoms. The minimum Gasteiger partial charge on any atom is -0.348 e. The van der Waals surface area contributed by atoms with Gasteiger partial charge < -0.3 is 10.2 Å². The first kappa shape index (κ1) is 20.8. The van der Waals surface area contributed by atoms with Crippen LogP contribution < -0.4 is 5.32 Å². The quantitative estimate of drug-likeness (QED) is 0.766. The molecule has 1 saturated heterocycles. The highest BCUT2D eigenvalue weighted by atomic mass is 32.2. The minimum absolute atomic E-state index is 0.0666. The fourth-order valence-corrected chi connectivity index (χ4v) is 5.70. The molecule has 1 aliphatic heterocycles. The van der Waals surface area contributed by atoms with Gasteiger partial charge in [0.05, 0.1) is 23.2 Å². The molecule has 28 heavy (non-hydrogen) atoms. The van der Waals surface area contributed by atoms with Crippen LogP contribution in [0.25, 0.3) is 0 Å². The number of sulfone groups is 1. The Morgan fingerprint density at radius 3 is 2.46 bits per heavy atom. The number of nitrogens with zero attached hydrogens (tertiary/aromatic N) is 3. The maximum absolute atomic E-state index is 11.8. The topological polar surface area (TPSA) is 67.2 Å². The lowest BCUT2D eigenvalue weighted by Crippen LogP contribution is -2.31. The fraction of sp³-hybridized carbons (Fsp3) is 0.500. The summed E-state index contributed by atoms with van der Waals surface area (Å²) in [5.41, 5.74) is 6.38. The van der Waals surface area contributed by atoms with E-state index in [1.165, 1.54) is 11.1 Å². The number of aryl methyl sites for hydroxylation is 3. The molecule has 152 valence electrons. The summed E-state index contributed by atoms with van der Waals surface area (Å²) < 4.78 is 25.6. The van der Waals surface area contributed by atoms with E-state index in [0.717, 1.165) is 22.6 Å². The predicted molar refractivity (Wildman–Crippen MR) is 118 cm³/mol. The van der Waals surface area contributed by atoms with E-state index in [-0.39, 0.29) is 17.5 Å². The molecule has 2 aromatic rings. The molecule has 6 nitrogen and oxygen atoms in total. The van der Waals surface area contributed by atoms with Crippen molar-refractivity contribution in [3.05, 3.63) is 46.3 Å². The van der Waals surface area contributed by atoms with Gasteiger partial charge in [-0.05, 0) is 69.6 Å². The molecule has 0 spiro atoms. The summed E-state index contributed by atoms with van der Waals surface area (Å²) in [6, 6.07) is 6.20. The Morgan fingerprint density at radius 1 is 1.25 bits per heavy atom. The van der Waals surface area contributed by atoms with Crippen molar-refractivity contribution >= 4 is 32.9 Å². The summed E-state index contributed by atoms with van der Waals surface area (Å²) in [6.45, 7) is 8.73. The maximum Gasteiger partial charge on any atom is 0.173 e. The van der Waals surface area contributed by atoms with E-state index >= 15 is 0 Å². The van der Waals surface area contributed by atoms with E-state index in [0.29, 0.717) is 18.1 Å². The summed E-state index contributed by atoms with van der Waals surface area (Å²) >= 11 is 5.58. The molecule has 0 radical (unpaired) electrons. The van der Waals surface area contributed by atoms with Crippen LogP contribution in [0.5, 0.6) is 0 Å². The zero-order chi connectivity index (χ0) is 20.6. The van der Waals surface area contributed by atoms with Gasteiger partial charge in [-0.15, -0.1) is 0 Å². The molecule has 2 heterocycles. The highest BCUT2D eigenvalue weighted by Crippen LogP contribution is 2.27. The molecule has 3 rings (SSSR count). The van der Waals surface area contributed by atoms with E-state index < -0.39 is 9.84 Å². The fourth-order valence-electron chi connectivity index (χ4n) is 3.82. The zero-order valence-corrected chi connectivity index (χ0v) is 18.7. The third-order valence-electron chi connectivity index (χ3n) is 5.24. The lowest BCUT2D eigenvalue weighted by molar-refractivity contribution is 0.479. The summed E-state index contributed by atoms with van der Waals surface area (Å²) in [6.07, 6.45) is 0.631. The van der Waals surface area contributed by atoms with Gasteiger partial charge in [0.2, 0.25) is 0 Å². The molecule has 1 fully saturated rings. The van der Waals surface area contributed by atoms with Gasteiger partial charge in [0.25, 0.3) is 0 Å². The van der Waals surface area contributed by atoms with Gasteiger partial charge >= 0.3 is 0 Å². The van der Waals surface area contributed by atoms with E-state index in [4.69, 9.17) is 12.2 Å². The first-order valence-electron chi connectivity index (χ1n) is 9.41. The second-order valence-corrected chi connectivity index (χ2v) is 10.4. The number of nitrogens with one attached hydrogen (secondary N) is 1. The summed E-state index contributed by atoms with van der Waals surface area (Å²) in [7, 11) is -0.992. The molecule has 0 unspecified atom stereocenters. The van der Waals surface area contributed by atoms with Crippen LogP contribution in [0.15, 0.2) is 18.2 Å². The molecular weight excluding hydrogens is 392 g/mol. The monoisotopic (exact) mass is 420 g/mol. The average molecular weight is 421 g/mol. The Labute approximate surface area is 172 Å². The van der Waals surface area contributed by atoms with Crippen LogP contribution in [0.2, 0.25) is 0 Å². The van der Waals surface area contributed by atoms with E-state index in [9.17, 15) is 8.42 Å².